The summed E-state index contributed by atoms with van der Waals surface area (Å²) in [5, 5.41) is 9.62. The number of aliphatic hydroxyl groups excluding tert-OH is 1. The molecule has 2 heterocycles. The Hall–Kier alpha value is -0.120. The van der Waals surface area contributed by atoms with Gasteiger partial charge in [0.05, 0.1) is 18.3 Å². The van der Waals surface area contributed by atoms with Crippen molar-refractivity contribution in [3.05, 3.63) is 0 Å². The van der Waals surface area contributed by atoms with Crippen molar-refractivity contribution in [3.8, 4) is 0 Å². The van der Waals surface area contributed by atoms with Crippen LogP contribution in [0.2, 0.25) is 0 Å². The average Bonchev–Trinajstić information content (AvgIpc) is 2.11. The fraction of sp³-hybridized carbons (Fsp3) is 1.00. The quantitative estimate of drug-likeness (QED) is 0.612. The second-order valence-corrected chi connectivity index (χ2v) is 4.29. The molecule has 76 valence electrons. The zero-order valence-electron chi connectivity index (χ0n) is 8.16. The van der Waals surface area contributed by atoms with Gasteiger partial charge >= 0.3 is 0 Å². The maximum atomic E-state index is 9.62. The van der Waals surface area contributed by atoms with Crippen LogP contribution in [0, 0.1) is 5.92 Å². The Morgan fingerprint density at radius 1 is 1.38 bits per heavy atom. The topological polar surface area (TPSA) is 38.7 Å². The van der Waals surface area contributed by atoms with E-state index in [-0.39, 0.29) is 11.7 Å². The molecule has 2 rings (SSSR count). The Labute approximate surface area is 79.0 Å². The molecular formula is C10H18O3. The lowest BCUT2D eigenvalue weighted by Crippen LogP contribution is -2.51. The molecular weight excluding hydrogens is 168 g/mol. The summed E-state index contributed by atoms with van der Waals surface area (Å²) in [7, 11) is 0. The number of hydrogen-bond donors (Lipinski definition) is 1. The number of aliphatic hydroxyl groups is 1. The van der Waals surface area contributed by atoms with Crippen molar-refractivity contribution in [2.45, 2.75) is 37.9 Å². The maximum Gasteiger partial charge on any atom is 0.0776 e. The minimum Gasteiger partial charge on any atom is -0.393 e. The van der Waals surface area contributed by atoms with Crippen LogP contribution in [-0.4, -0.2) is 36.6 Å². The van der Waals surface area contributed by atoms with Gasteiger partial charge in [-0.05, 0) is 6.42 Å². The smallest absolute Gasteiger partial charge is 0.0776 e. The molecule has 0 aromatic heterocycles. The zero-order valence-corrected chi connectivity index (χ0v) is 8.16. The van der Waals surface area contributed by atoms with E-state index in [1.165, 1.54) is 0 Å². The predicted octanol–water partition coefficient (Wildman–Crippen LogP) is 0.953. The van der Waals surface area contributed by atoms with Gasteiger partial charge in [0.1, 0.15) is 0 Å². The van der Waals surface area contributed by atoms with Crippen molar-refractivity contribution in [1.29, 1.82) is 0 Å². The van der Waals surface area contributed by atoms with E-state index < -0.39 is 0 Å². The van der Waals surface area contributed by atoms with Crippen LogP contribution in [0.25, 0.3) is 0 Å². The lowest BCUT2D eigenvalue weighted by Gasteiger charge is -2.46. The van der Waals surface area contributed by atoms with Crippen molar-refractivity contribution < 1.29 is 14.6 Å². The number of rotatable bonds is 0. The molecule has 0 amide bonds. The third-order valence-electron chi connectivity index (χ3n) is 3.36. The molecule has 3 heteroatoms. The first kappa shape index (κ1) is 9.44. The zero-order chi connectivity index (χ0) is 9.31. The van der Waals surface area contributed by atoms with Crippen LogP contribution >= 0.6 is 0 Å². The second kappa shape index (κ2) is 3.56. The van der Waals surface area contributed by atoms with E-state index >= 15 is 0 Å². The summed E-state index contributed by atoms with van der Waals surface area (Å²) >= 11 is 0. The predicted molar refractivity (Wildman–Crippen MR) is 48.5 cm³/mol. The molecule has 0 aromatic carbocycles. The summed E-state index contributed by atoms with van der Waals surface area (Å²) in [5.41, 5.74) is -0.0874. The van der Waals surface area contributed by atoms with Gasteiger partial charge in [0.2, 0.25) is 0 Å². The lowest BCUT2D eigenvalue weighted by molar-refractivity contribution is -0.188. The van der Waals surface area contributed by atoms with Gasteiger partial charge in [0.15, 0.2) is 0 Å². The minimum atomic E-state index is -0.172. The summed E-state index contributed by atoms with van der Waals surface area (Å²) in [6.45, 7) is 4.40. The van der Waals surface area contributed by atoms with Gasteiger partial charge in [0, 0.05) is 32.0 Å². The standard InChI is InChI=1S/C10H18O3/c1-8-7-12-5-3-10(8)6-9(11)2-4-13-10/h8-9,11H,2-7H2,1H3. The molecule has 2 saturated heterocycles. The molecule has 3 atom stereocenters. The van der Waals surface area contributed by atoms with Crippen LogP contribution in [0.15, 0.2) is 0 Å². The monoisotopic (exact) mass is 186 g/mol. The summed E-state index contributed by atoms with van der Waals surface area (Å²) in [6, 6.07) is 0. The van der Waals surface area contributed by atoms with E-state index in [0.29, 0.717) is 12.5 Å². The summed E-state index contributed by atoms with van der Waals surface area (Å²) in [5.74, 6) is 0.413. The maximum absolute atomic E-state index is 9.62. The SMILES string of the molecule is CC1COCCC12CC(O)CCO2. The third kappa shape index (κ3) is 1.73. The van der Waals surface area contributed by atoms with Gasteiger partial charge in [-0.25, -0.2) is 0 Å². The Balaban J connectivity index is 2.07. The second-order valence-electron chi connectivity index (χ2n) is 4.29. The normalized spacial score (nSPS) is 46.6. The molecule has 0 aliphatic carbocycles. The van der Waals surface area contributed by atoms with Gasteiger partial charge in [0.25, 0.3) is 0 Å². The van der Waals surface area contributed by atoms with E-state index in [4.69, 9.17) is 9.47 Å². The van der Waals surface area contributed by atoms with Crippen molar-refractivity contribution in [3.63, 3.8) is 0 Å². The van der Waals surface area contributed by atoms with Crippen molar-refractivity contribution in [1.82, 2.24) is 0 Å². The fourth-order valence-electron chi connectivity index (χ4n) is 2.38. The highest BCUT2D eigenvalue weighted by molar-refractivity contribution is 4.93. The minimum absolute atomic E-state index is 0.0874. The van der Waals surface area contributed by atoms with E-state index in [1.54, 1.807) is 0 Å². The highest BCUT2D eigenvalue weighted by atomic mass is 16.5. The van der Waals surface area contributed by atoms with Crippen LogP contribution in [-0.2, 0) is 9.47 Å². The lowest BCUT2D eigenvalue weighted by atomic mass is 9.78. The molecule has 0 aromatic rings. The molecule has 2 aliphatic rings. The number of hydrogen-bond acceptors (Lipinski definition) is 3. The third-order valence-corrected chi connectivity index (χ3v) is 3.36. The molecule has 1 spiro atoms. The molecule has 3 nitrogen and oxygen atoms in total. The molecule has 1 N–H and O–H groups in total. The molecule has 13 heavy (non-hydrogen) atoms. The number of ether oxygens (including phenoxy) is 2. The first-order valence-corrected chi connectivity index (χ1v) is 5.13. The van der Waals surface area contributed by atoms with Crippen molar-refractivity contribution in [2.75, 3.05) is 19.8 Å². The Morgan fingerprint density at radius 2 is 2.23 bits per heavy atom. The highest BCUT2D eigenvalue weighted by Gasteiger charge is 2.43. The van der Waals surface area contributed by atoms with E-state index in [0.717, 1.165) is 32.5 Å². The Bertz CT molecular complexity index is 179. The van der Waals surface area contributed by atoms with E-state index in [1.807, 2.05) is 0 Å². The molecule has 2 fully saturated rings. The van der Waals surface area contributed by atoms with Gasteiger partial charge in [-0.15, -0.1) is 0 Å². The largest absolute Gasteiger partial charge is 0.393 e. The molecule has 3 unspecified atom stereocenters. The van der Waals surface area contributed by atoms with Crippen LogP contribution in [0.3, 0.4) is 0 Å². The van der Waals surface area contributed by atoms with Gasteiger partial charge in [-0.3, -0.25) is 0 Å². The summed E-state index contributed by atoms with van der Waals surface area (Å²) in [6.07, 6.45) is 2.34. The average molecular weight is 186 g/mol. The van der Waals surface area contributed by atoms with Gasteiger partial charge < -0.3 is 14.6 Å². The first-order valence-electron chi connectivity index (χ1n) is 5.13. The van der Waals surface area contributed by atoms with E-state index in [2.05, 4.69) is 6.92 Å². The van der Waals surface area contributed by atoms with Crippen molar-refractivity contribution >= 4 is 0 Å². The molecule has 2 aliphatic heterocycles. The Morgan fingerprint density at radius 3 is 2.92 bits per heavy atom. The van der Waals surface area contributed by atoms with Gasteiger partial charge in [-0.1, -0.05) is 6.92 Å². The van der Waals surface area contributed by atoms with Crippen LogP contribution in [0.4, 0.5) is 0 Å². The van der Waals surface area contributed by atoms with Crippen LogP contribution in [0.1, 0.15) is 26.2 Å². The molecule has 0 radical (unpaired) electrons. The van der Waals surface area contributed by atoms with Crippen LogP contribution in [0.5, 0.6) is 0 Å². The van der Waals surface area contributed by atoms with E-state index in [9.17, 15) is 5.11 Å². The summed E-state index contributed by atoms with van der Waals surface area (Å²) < 4.78 is 11.2. The first-order chi connectivity index (χ1) is 6.23. The molecule has 0 saturated carbocycles. The molecule has 0 bridgehead atoms. The fourth-order valence-corrected chi connectivity index (χ4v) is 2.38. The van der Waals surface area contributed by atoms with Crippen LogP contribution < -0.4 is 0 Å². The van der Waals surface area contributed by atoms with Gasteiger partial charge in [-0.2, -0.15) is 0 Å². The Kier molecular flexibility index (Phi) is 2.58. The summed E-state index contributed by atoms with van der Waals surface area (Å²) in [4.78, 5) is 0. The van der Waals surface area contributed by atoms with Crippen molar-refractivity contribution in [2.24, 2.45) is 5.92 Å². The highest BCUT2D eigenvalue weighted by Crippen LogP contribution is 2.37.